The van der Waals surface area contributed by atoms with Crippen molar-refractivity contribution in [1.29, 1.82) is 0 Å². The van der Waals surface area contributed by atoms with Gasteiger partial charge in [0, 0.05) is 3.57 Å². The second kappa shape index (κ2) is 4.30. The summed E-state index contributed by atoms with van der Waals surface area (Å²) in [5, 5.41) is 2.59. The van der Waals surface area contributed by atoms with Crippen molar-refractivity contribution >= 4 is 34.4 Å². The third-order valence-electron chi connectivity index (χ3n) is 1.30. The lowest BCUT2D eigenvalue weighted by Crippen LogP contribution is -2.11. The van der Waals surface area contributed by atoms with Crippen LogP contribution in [-0.4, -0.2) is 13.2 Å². The Labute approximate surface area is 84.2 Å². The van der Waals surface area contributed by atoms with Gasteiger partial charge in [-0.05, 0) is 34.7 Å². The maximum Gasteiger partial charge on any atom is 0.411 e. The Morgan fingerprint density at radius 1 is 1.50 bits per heavy atom. The summed E-state index contributed by atoms with van der Waals surface area (Å²) in [5.74, 6) is 0. The summed E-state index contributed by atoms with van der Waals surface area (Å²) >= 11 is 2.14. The molecule has 0 aliphatic heterocycles. The van der Waals surface area contributed by atoms with E-state index in [-0.39, 0.29) is 0 Å². The van der Waals surface area contributed by atoms with Crippen molar-refractivity contribution in [3.8, 4) is 0 Å². The number of carbonyl (C=O) groups is 1. The van der Waals surface area contributed by atoms with Gasteiger partial charge >= 0.3 is 6.09 Å². The summed E-state index contributed by atoms with van der Waals surface area (Å²) in [6.45, 7) is 0. The lowest BCUT2D eigenvalue weighted by atomic mass is 10.3. The number of carbonyl (C=O) groups excluding carboxylic acids is 1. The first-order valence-corrected chi connectivity index (χ1v) is 4.41. The zero-order valence-corrected chi connectivity index (χ0v) is 8.66. The molecule has 64 valence electrons. The van der Waals surface area contributed by atoms with E-state index in [9.17, 15) is 4.79 Å². The van der Waals surface area contributed by atoms with Gasteiger partial charge in [0.25, 0.3) is 0 Å². The predicted molar refractivity (Wildman–Crippen MR) is 55.2 cm³/mol. The number of para-hydroxylation sites is 1. The number of amides is 1. The third-order valence-corrected chi connectivity index (χ3v) is 2.24. The van der Waals surface area contributed by atoms with E-state index in [0.717, 1.165) is 9.26 Å². The monoisotopic (exact) mass is 277 g/mol. The van der Waals surface area contributed by atoms with E-state index in [4.69, 9.17) is 0 Å². The van der Waals surface area contributed by atoms with Gasteiger partial charge in [0.05, 0.1) is 12.8 Å². The van der Waals surface area contributed by atoms with Crippen LogP contribution in [0.5, 0.6) is 0 Å². The van der Waals surface area contributed by atoms with Gasteiger partial charge in [-0.25, -0.2) is 4.79 Å². The lowest BCUT2D eigenvalue weighted by molar-refractivity contribution is 0.187. The van der Waals surface area contributed by atoms with Crippen LogP contribution in [0.15, 0.2) is 24.3 Å². The topological polar surface area (TPSA) is 38.3 Å². The van der Waals surface area contributed by atoms with Gasteiger partial charge in [-0.2, -0.15) is 0 Å². The highest BCUT2D eigenvalue weighted by Crippen LogP contribution is 2.16. The fourth-order valence-corrected chi connectivity index (χ4v) is 1.25. The maximum absolute atomic E-state index is 10.8. The number of benzene rings is 1. The number of hydrogen-bond acceptors (Lipinski definition) is 2. The van der Waals surface area contributed by atoms with E-state index in [1.165, 1.54) is 7.11 Å². The van der Waals surface area contributed by atoms with Crippen molar-refractivity contribution in [2.75, 3.05) is 12.4 Å². The molecule has 1 amide bonds. The summed E-state index contributed by atoms with van der Waals surface area (Å²) in [7, 11) is 1.34. The molecule has 0 atom stereocenters. The van der Waals surface area contributed by atoms with Gasteiger partial charge in [0.15, 0.2) is 0 Å². The van der Waals surface area contributed by atoms with Gasteiger partial charge < -0.3 is 4.74 Å². The Bertz CT molecular complexity index is 288. The van der Waals surface area contributed by atoms with Gasteiger partial charge in [-0.1, -0.05) is 12.1 Å². The van der Waals surface area contributed by atoms with Crippen molar-refractivity contribution in [1.82, 2.24) is 0 Å². The molecule has 1 aromatic carbocycles. The Balaban J connectivity index is 2.75. The molecule has 0 aliphatic rings. The Morgan fingerprint density at radius 3 is 2.75 bits per heavy atom. The van der Waals surface area contributed by atoms with Gasteiger partial charge in [-0.15, -0.1) is 0 Å². The smallest absolute Gasteiger partial charge is 0.411 e. The number of nitrogens with one attached hydrogen (secondary N) is 1. The SMILES string of the molecule is COC(=O)Nc1ccccc1I. The highest BCUT2D eigenvalue weighted by atomic mass is 127. The molecule has 0 aliphatic carbocycles. The largest absolute Gasteiger partial charge is 0.453 e. The average molecular weight is 277 g/mol. The molecule has 3 nitrogen and oxygen atoms in total. The quantitative estimate of drug-likeness (QED) is 0.801. The molecule has 4 heteroatoms. The molecular weight excluding hydrogens is 269 g/mol. The summed E-state index contributed by atoms with van der Waals surface area (Å²) in [4.78, 5) is 10.8. The van der Waals surface area contributed by atoms with E-state index in [0.29, 0.717) is 0 Å². The van der Waals surface area contributed by atoms with Crippen LogP contribution in [0.3, 0.4) is 0 Å². The van der Waals surface area contributed by atoms with E-state index in [1.54, 1.807) is 0 Å². The Kier molecular flexibility index (Phi) is 3.33. The molecule has 0 radical (unpaired) electrons. The first kappa shape index (κ1) is 9.31. The van der Waals surface area contributed by atoms with Crippen LogP contribution < -0.4 is 5.32 Å². The third kappa shape index (κ3) is 2.37. The number of anilines is 1. The Hall–Kier alpha value is -0.780. The van der Waals surface area contributed by atoms with E-state index < -0.39 is 6.09 Å². The number of rotatable bonds is 1. The minimum atomic E-state index is -0.445. The molecule has 1 N–H and O–H groups in total. The fraction of sp³-hybridized carbons (Fsp3) is 0.125. The van der Waals surface area contributed by atoms with Gasteiger partial charge in [-0.3, -0.25) is 5.32 Å². The lowest BCUT2D eigenvalue weighted by Gasteiger charge is -2.04. The van der Waals surface area contributed by atoms with Crippen LogP contribution in [0.4, 0.5) is 10.5 Å². The number of methoxy groups -OCH3 is 1. The minimum Gasteiger partial charge on any atom is -0.453 e. The molecule has 1 aromatic rings. The van der Waals surface area contributed by atoms with Crippen LogP contribution >= 0.6 is 22.6 Å². The molecule has 0 spiro atoms. The second-order valence-corrected chi connectivity index (χ2v) is 3.26. The Morgan fingerprint density at radius 2 is 2.17 bits per heavy atom. The fourth-order valence-electron chi connectivity index (χ4n) is 0.724. The molecule has 0 unspecified atom stereocenters. The standard InChI is InChI=1S/C8H8INO2/c1-12-8(11)10-7-5-3-2-4-6(7)9/h2-5H,1H3,(H,10,11). The van der Waals surface area contributed by atoms with E-state index in [2.05, 4.69) is 32.6 Å². The van der Waals surface area contributed by atoms with Crippen molar-refractivity contribution in [3.63, 3.8) is 0 Å². The maximum atomic E-state index is 10.8. The van der Waals surface area contributed by atoms with Crippen LogP contribution in [0, 0.1) is 3.57 Å². The number of hydrogen-bond donors (Lipinski definition) is 1. The van der Waals surface area contributed by atoms with E-state index in [1.807, 2.05) is 24.3 Å². The van der Waals surface area contributed by atoms with Crippen molar-refractivity contribution < 1.29 is 9.53 Å². The van der Waals surface area contributed by atoms with Crippen molar-refractivity contribution in [3.05, 3.63) is 27.8 Å². The van der Waals surface area contributed by atoms with Crippen LogP contribution in [0.25, 0.3) is 0 Å². The van der Waals surface area contributed by atoms with Crippen LogP contribution in [0.1, 0.15) is 0 Å². The van der Waals surface area contributed by atoms with Gasteiger partial charge in [0.2, 0.25) is 0 Å². The first-order chi connectivity index (χ1) is 5.74. The number of halogens is 1. The number of ether oxygens (including phenoxy) is 1. The zero-order chi connectivity index (χ0) is 8.97. The molecule has 0 saturated carbocycles. The molecule has 0 saturated heterocycles. The van der Waals surface area contributed by atoms with Gasteiger partial charge in [0.1, 0.15) is 0 Å². The summed E-state index contributed by atoms with van der Waals surface area (Å²) in [5.41, 5.74) is 0.768. The summed E-state index contributed by atoms with van der Waals surface area (Å²) in [6, 6.07) is 7.49. The summed E-state index contributed by atoms with van der Waals surface area (Å²) < 4.78 is 5.44. The molecule has 0 aromatic heterocycles. The average Bonchev–Trinajstić information content (AvgIpc) is 2.09. The van der Waals surface area contributed by atoms with Crippen molar-refractivity contribution in [2.24, 2.45) is 0 Å². The van der Waals surface area contributed by atoms with Crippen LogP contribution in [0.2, 0.25) is 0 Å². The normalized spacial score (nSPS) is 9.17. The predicted octanol–water partition coefficient (Wildman–Crippen LogP) is 2.47. The summed E-state index contributed by atoms with van der Waals surface area (Å²) in [6.07, 6.45) is -0.445. The van der Waals surface area contributed by atoms with Crippen LogP contribution in [-0.2, 0) is 4.74 Å². The molecule has 0 fully saturated rings. The highest BCUT2D eigenvalue weighted by molar-refractivity contribution is 14.1. The molecular formula is C8H8INO2. The molecule has 0 bridgehead atoms. The second-order valence-electron chi connectivity index (χ2n) is 2.10. The molecule has 0 heterocycles. The van der Waals surface area contributed by atoms with E-state index >= 15 is 0 Å². The first-order valence-electron chi connectivity index (χ1n) is 3.33. The molecule has 1 rings (SSSR count). The minimum absolute atomic E-state index is 0.445. The highest BCUT2D eigenvalue weighted by Gasteiger charge is 2.02. The zero-order valence-electron chi connectivity index (χ0n) is 6.50. The van der Waals surface area contributed by atoms with Crippen molar-refractivity contribution in [2.45, 2.75) is 0 Å². The molecule has 12 heavy (non-hydrogen) atoms.